The Hall–Kier alpha value is -2.07. The number of rotatable bonds is 4. The highest BCUT2D eigenvalue weighted by Crippen LogP contribution is 2.27. The van der Waals surface area contributed by atoms with Gasteiger partial charge in [0.25, 0.3) is 0 Å². The quantitative estimate of drug-likeness (QED) is 0.371. The van der Waals surface area contributed by atoms with Crippen LogP contribution < -0.4 is 4.74 Å². The van der Waals surface area contributed by atoms with E-state index in [9.17, 15) is 9.59 Å². The molecule has 0 spiro atoms. The SMILES string of the molecule is CSc1ccccc1OC(=O)c1ccc(C(C)=O)cc1. The first-order valence-corrected chi connectivity index (χ1v) is 7.30. The van der Waals surface area contributed by atoms with Crippen LogP contribution in [0.4, 0.5) is 0 Å². The summed E-state index contributed by atoms with van der Waals surface area (Å²) in [5.41, 5.74) is 0.997. The number of carbonyl (C=O) groups excluding carboxylic acids is 2. The number of ketones is 1. The van der Waals surface area contributed by atoms with Crippen molar-refractivity contribution in [1.82, 2.24) is 0 Å². The molecule has 0 saturated heterocycles. The Bertz CT molecular complexity index is 632. The van der Waals surface area contributed by atoms with E-state index in [0.717, 1.165) is 4.90 Å². The van der Waals surface area contributed by atoms with Crippen molar-refractivity contribution >= 4 is 23.5 Å². The minimum absolute atomic E-state index is 0.0300. The smallest absolute Gasteiger partial charge is 0.343 e. The van der Waals surface area contributed by atoms with E-state index in [1.165, 1.54) is 18.7 Å². The van der Waals surface area contributed by atoms with E-state index in [2.05, 4.69) is 0 Å². The lowest BCUT2D eigenvalue weighted by atomic mass is 10.1. The lowest BCUT2D eigenvalue weighted by Gasteiger charge is -2.08. The second-order valence-electron chi connectivity index (χ2n) is 4.17. The molecule has 102 valence electrons. The standard InChI is InChI=1S/C16H14O3S/c1-11(17)12-7-9-13(10-8-12)16(18)19-14-5-3-4-6-15(14)20-2/h3-10H,1-2H3. The number of hydrogen-bond acceptors (Lipinski definition) is 4. The fourth-order valence-electron chi connectivity index (χ4n) is 1.70. The molecule has 0 fully saturated rings. The average Bonchev–Trinajstić information content (AvgIpc) is 2.48. The van der Waals surface area contributed by atoms with E-state index >= 15 is 0 Å². The van der Waals surface area contributed by atoms with Crippen LogP contribution in [-0.2, 0) is 0 Å². The summed E-state index contributed by atoms with van der Waals surface area (Å²) >= 11 is 1.52. The molecule has 0 atom stereocenters. The molecule has 0 saturated carbocycles. The van der Waals surface area contributed by atoms with Crippen molar-refractivity contribution in [2.75, 3.05) is 6.26 Å². The Morgan fingerprint density at radius 2 is 1.55 bits per heavy atom. The molecule has 0 amide bonds. The van der Waals surface area contributed by atoms with E-state index in [4.69, 9.17) is 4.74 Å². The molecule has 0 aromatic heterocycles. The molecule has 0 heterocycles. The van der Waals surface area contributed by atoms with Gasteiger partial charge in [-0.3, -0.25) is 4.79 Å². The van der Waals surface area contributed by atoms with Crippen molar-refractivity contribution in [3.8, 4) is 5.75 Å². The summed E-state index contributed by atoms with van der Waals surface area (Å²) in [5, 5.41) is 0. The number of para-hydroxylation sites is 1. The summed E-state index contributed by atoms with van der Waals surface area (Å²) in [5.74, 6) is 0.0832. The van der Waals surface area contributed by atoms with Crippen molar-refractivity contribution in [3.63, 3.8) is 0 Å². The van der Waals surface area contributed by atoms with E-state index < -0.39 is 5.97 Å². The highest BCUT2D eigenvalue weighted by molar-refractivity contribution is 7.98. The Kier molecular flexibility index (Phi) is 4.58. The third kappa shape index (κ3) is 3.27. The number of thioether (sulfide) groups is 1. The van der Waals surface area contributed by atoms with Gasteiger partial charge in [-0.1, -0.05) is 24.3 Å². The van der Waals surface area contributed by atoms with Crippen LogP contribution in [0.15, 0.2) is 53.4 Å². The molecule has 20 heavy (non-hydrogen) atoms. The lowest BCUT2D eigenvalue weighted by Crippen LogP contribution is -2.09. The maximum atomic E-state index is 12.0. The molecule has 0 bridgehead atoms. The van der Waals surface area contributed by atoms with E-state index in [-0.39, 0.29) is 5.78 Å². The number of carbonyl (C=O) groups is 2. The van der Waals surface area contributed by atoms with Crippen LogP contribution in [0.1, 0.15) is 27.6 Å². The minimum atomic E-state index is -0.429. The first kappa shape index (κ1) is 14.3. The summed E-state index contributed by atoms with van der Waals surface area (Å²) in [6.45, 7) is 1.49. The number of benzene rings is 2. The van der Waals surface area contributed by atoms with Gasteiger partial charge >= 0.3 is 5.97 Å². The third-order valence-electron chi connectivity index (χ3n) is 2.80. The molecule has 0 aliphatic heterocycles. The van der Waals surface area contributed by atoms with Gasteiger partial charge in [-0.05, 0) is 37.4 Å². The molecule has 3 nitrogen and oxygen atoms in total. The van der Waals surface area contributed by atoms with Gasteiger partial charge in [0.15, 0.2) is 5.78 Å². The number of hydrogen-bond donors (Lipinski definition) is 0. The second-order valence-corrected chi connectivity index (χ2v) is 5.02. The Morgan fingerprint density at radius 1 is 0.950 bits per heavy atom. The van der Waals surface area contributed by atoms with E-state index in [1.807, 2.05) is 24.5 Å². The predicted molar refractivity (Wildman–Crippen MR) is 79.6 cm³/mol. The maximum absolute atomic E-state index is 12.0. The highest BCUT2D eigenvalue weighted by atomic mass is 32.2. The summed E-state index contributed by atoms with van der Waals surface area (Å²) in [7, 11) is 0. The van der Waals surface area contributed by atoms with E-state index in [0.29, 0.717) is 16.9 Å². The van der Waals surface area contributed by atoms with E-state index in [1.54, 1.807) is 30.3 Å². The van der Waals surface area contributed by atoms with Crippen LogP contribution >= 0.6 is 11.8 Å². The van der Waals surface area contributed by atoms with Gasteiger partial charge in [-0.15, -0.1) is 11.8 Å². The first-order chi connectivity index (χ1) is 9.61. The zero-order chi connectivity index (χ0) is 14.5. The minimum Gasteiger partial charge on any atom is -0.422 e. The summed E-state index contributed by atoms with van der Waals surface area (Å²) in [6, 6.07) is 13.8. The Labute approximate surface area is 122 Å². The lowest BCUT2D eigenvalue weighted by molar-refractivity contribution is 0.0730. The number of esters is 1. The van der Waals surface area contributed by atoms with Crippen LogP contribution in [0.5, 0.6) is 5.75 Å². The topological polar surface area (TPSA) is 43.4 Å². The van der Waals surface area contributed by atoms with Crippen molar-refractivity contribution < 1.29 is 14.3 Å². The average molecular weight is 286 g/mol. The molecule has 0 radical (unpaired) electrons. The van der Waals surface area contributed by atoms with Gasteiger partial charge in [0.1, 0.15) is 5.75 Å². The highest BCUT2D eigenvalue weighted by Gasteiger charge is 2.11. The van der Waals surface area contributed by atoms with Crippen molar-refractivity contribution in [3.05, 3.63) is 59.7 Å². The molecule has 0 unspecified atom stereocenters. The Balaban J connectivity index is 2.17. The molecule has 0 aliphatic rings. The molecule has 0 aliphatic carbocycles. The molecule has 2 rings (SSSR count). The molecular formula is C16H14O3S. The number of ether oxygens (including phenoxy) is 1. The fourth-order valence-corrected chi connectivity index (χ4v) is 2.23. The number of Topliss-reactive ketones (excluding diaryl/α,β-unsaturated/α-hetero) is 1. The van der Waals surface area contributed by atoms with Gasteiger partial charge in [-0.25, -0.2) is 4.79 Å². The van der Waals surface area contributed by atoms with Gasteiger partial charge in [0.2, 0.25) is 0 Å². The molecule has 0 N–H and O–H groups in total. The van der Waals surface area contributed by atoms with Crippen LogP contribution in [0.2, 0.25) is 0 Å². The van der Waals surface area contributed by atoms with Gasteiger partial charge in [0, 0.05) is 10.5 Å². The normalized spacial score (nSPS) is 10.1. The Morgan fingerprint density at radius 3 is 2.15 bits per heavy atom. The maximum Gasteiger partial charge on any atom is 0.343 e. The second kappa shape index (κ2) is 6.39. The fraction of sp³-hybridized carbons (Fsp3) is 0.125. The van der Waals surface area contributed by atoms with Gasteiger partial charge in [-0.2, -0.15) is 0 Å². The van der Waals surface area contributed by atoms with Crippen LogP contribution in [-0.4, -0.2) is 18.0 Å². The zero-order valence-electron chi connectivity index (χ0n) is 11.3. The predicted octanol–water partition coefficient (Wildman–Crippen LogP) is 3.83. The first-order valence-electron chi connectivity index (χ1n) is 6.08. The molecule has 4 heteroatoms. The molecule has 2 aromatic carbocycles. The van der Waals surface area contributed by atoms with Crippen molar-refractivity contribution in [2.45, 2.75) is 11.8 Å². The molecule has 2 aromatic rings. The van der Waals surface area contributed by atoms with Gasteiger partial charge in [0.05, 0.1) is 5.56 Å². The summed E-state index contributed by atoms with van der Waals surface area (Å²) < 4.78 is 5.38. The van der Waals surface area contributed by atoms with Crippen LogP contribution in [0, 0.1) is 0 Å². The third-order valence-corrected chi connectivity index (χ3v) is 3.58. The van der Waals surface area contributed by atoms with Gasteiger partial charge < -0.3 is 4.74 Å². The zero-order valence-corrected chi connectivity index (χ0v) is 12.1. The summed E-state index contributed by atoms with van der Waals surface area (Å²) in [4.78, 5) is 24.1. The summed E-state index contributed by atoms with van der Waals surface area (Å²) in [6.07, 6.45) is 1.92. The van der Waals surface area contributed by atoms with Crippen LogP contribution in [0.3, 0.4) is 0 Å². The largest absolute Gasteiger partial charge is 0.422 e. The monoisotopic (exact) mass is 286 g/mol. The van der Waals surface area contributed by atoms with Crippen molar-refractivity contribution in [1.29, 1.82) is 0 Å². The molecular weight excluding hydrogens is 272 g/mol. The van der Waals surface area contributed by atoms with Crippen molar-refractivity contribution in [2.24, 2.45) is 0 Å². The van der Waals surface area contributed by atoms with Crippen LogP contribution in [0.25, 0.3) is 0 Å².